The molecular weight excluding hydrogens is 302 g/mol. The molecule has 1 atom stereocenters. The van der Waals surface area contributed by atoms with Crippen LogP contribution in [-0.4, -0.2) is 36.4 Å². The van der Waals surface area contributed by atoms with Gasteiger partial charge in [0.05, 0.1) is 15.5 Å². The van der Waals surface area contributed by atoms with Gasteiger partial charge in [-0.2, -0.15) is 4.31 Å². The molecule has 0 aliphatic heterocycles. The molecule has 0 bridgehead atoms. The fourth-order valence-electron chi connectivity index (χ4n) is 1.89. The topological polar surface area (TPSA) is 74.7 Å². The van der Waals surface area contributed by atoms with Gasteiger partial charge >= 0.3 is 5.97 Å². The fourth-order valence-corrected chi connectivity index (χ4v) is 3.95. The molecular formula is C13H18ClNO4S. The average Bonchev–Trinajstić information content (AvgIpc) is 2.38. The lowest BCUT2D eigenvalue weighted by atomic mass is 10.2. The van der Waals surface area contributed by atoms with Crippen LogP contribution in [0.15, 0.2) is 23.1 Å². The summed E-state index contributed by atoms with van der Waals surface area (Å²) in [5.41, 5.74) is -0.114. The van der Waals surface area contributed by atoms with Gasteiger partial charge in [-0.1, -0.05) is 25.4 Å². The van der Waals surface area contributed by atoms with Crippen LogP contribution >= 0.6 is 11.6 Å². The standard InChI is InChI=1S/C13H18ClNO4S/c1-4-9(3)15(5-2)20(18,19)10-6-7-11(13(16)17)12(14)8-10/h6-9H,4-5H2,1-3H3,(H,16,17). The fraction of sp³-hybridized carbons (Fsp3) is 0.462. The van der Waals surface area contributed by atoms with Crippen LogP contribution in [0.4, 0.5) is 0 Å². The Bertz CT molecular complexity index is 600. The minimum absolute atomic E-state index is 0.00894. The van der Waals surface area contributed by atoms with E-state index in [1.54, 1.807) is 6.92 Å². The Hall–Kier alpha value is -1.11. The van der Waals surface area contributed by atoms with E-state index in [-0.39, 0.29) is 21.5 Å². The molecule has 0 saturated heterocycles. The summed E-state index contributed by atoms with van der Waals surface area (Å²) >= 11 is 5.83. The van der Waals surface area contributed by atoms with Gasteiger partial charge in [0.25, 0.3) is 0 Å². The van der Waals surface area contributed by atoms with Crippen molar-refractivity contribution < 1.29 is 18.3 Å². The monoisotopic (exact) mass is 319 g/mol. The molecule has 1 rings (SSSR count). The molecule has 0 radical (unpaired) electrons. The Morgan fingerprint density at radius 2 is 2.00 bits per heavy atom. The van der Waals surface area contributed by atoms with E-state index in [1.165, 1.54) is 22.5 Å². The van der Waals surface area contributed by atoms with Crippen molar-refractivity contribution in [2.24, 2.45) is 0 Å². The van der Waals surface area contributed by atoms with E-state index in [0.717, 1.165) is 0 Å². The number of benzene rings is 1. The number of carbonyl (C=O) groups is 1. The number of nitrogens with zero attached hydrogens (tertiary/aromatic N) is 1. The highest BCUT2D eigenvalue weighted by molar-refractivity contribution is 7.89. The Balaban J connectivity index is 3.29. The summed E-state index contributed by atoms with van der Waals surface area (Å²) in [5.74, 6) is -1.19. The van der Waals surface area contributed by atoms with E-state index < -0.39 is 16.0 Å². The molecule has 0 fully saturated rings. The first-order valence-corrected chi connectivity index (χ1v) is 8.12. The molecule has 1 N–H and O–H groups in total. The molecule has 7 heteroatoms. The Labute approximate surface area is 124 Å². The number of hydrogen-bond donors (Lipinski definition) is 1. The van der Waals surface area contributed by atoms with Crippen LogP contribution in [-0.2, 0) is 10.0 Å². The average molecular weight is 320 g/mol. The zero-order chi connectivity index (χ0) is 15.5. The maximum Gasteiger partial charge on any atom is 0.337 e. The molecule has 20 heavy (non-hydrogen) atoms. The van der Waals surface area contributed by atoms with E-state index in [9.17, 15) is 13.2 Å². The smallest absolute Gasteiger partial charge is 0.337 e. The molecule has 1 aromatic carbocycles. The molecule has 5 nitrogen and oxygen atoms in total. The van der Waals surface area contributed by atoms with Crippen LogP contribution in [0.3, 0.4) is 0 Å². The minimum atomic E-state index is -3.67. The normalized spacial score (nSPS) is 13.4. The molecule has 0 aliphatic rings. The number of rotatable bonds is 6. The molecule has 0 amide bonds. The van der Waals surface area contributed by atoms with E-state index in [1.807, 2.05) is 13.8 Å². The molecule has 1 aromatic rings. The van der Waals surface area contributed by atoms with E-state index in [4.69, 9.17) is 16.7 Å². The maximum atomic E-state index is 12.5. The summed E-state index contributed by atoms with van der Waals surface area (Å²) in [4.78, 5) is 10.9. The van der Waals surface area contributed by atoms with Gasteiger partial charge < -0.3 is 5.11 Å². The summed E-state index contributed by atoms with van der Waals surface area (Å²) in [6, 6.07) is 3.53. The first-order chi connectivity index (χ1) is 9.25. The van der Waals surface area contributed by atoms with Gasteiger partial charge in [-0.25, -0.2) is 13.2 Å². The van der Waals surface area contributed by atoms with Gasteiger partial charge in [0.2, 0.25) is 10.0 Å². The predicted molar refractivity (Wildman–Crippen MR) is 77.7 cm³/mol. The van der Waals surface area contributed by atoms with E-state index in [2.05, 4.69) is 0 Å². The van der Waals surface area contributed by atoms with Gasteiger partial charge in [0.1, 0.15) is 0 Å². The summed E-state index contributed by atoms with van der Waals surface area (Å²) < 4.78 is 26.4. The summed E-state index contributed by atoms with van der Waals surface area (Å²) in [6.07, 6.45) is 0.689. The lowest BCUT2D eigenvalue weighted by molar-refractivity contribution is 0.0697. The van der Waals surface area contributed by atoms with Gasteiger partial charge in [0, 0.05) is 12.6 Å². The zero-order valence-corrected chi connectivity index (χ0v) is 13.2. The van der Waals surface area contributed by atoms with Crippen LogP contribution in [0.1, 0.15) is 37.6 Å². The number of sulfonamides is 1. The van der Waals surface area contributed by atoms with Crippen LogP contribution in [0.5, 0.6) is 0 Å². The van der Waals surface area contributed by atoms with Crippen molar-refractivity contribution in [2.45, 2.75) is 38.1 Å². The van der Waals surface area contributed by atoms with Crippen molar-refractivity contribution in [1.29, 1.82) is 0 Å². The van der Waals surface area contributed by atoms with Crippen LogP contribution in [0.2, 0.25) is 5.02 Å². The van der Waals surface area contributed by atoms with Crippen LogP contribution in [0, 0.1) is 0 Å². The van der Waals surface area contributed by atoms with Gasteiger partial charge in [0.15, 0.2) is 0 Å². The van der Waals surface area contributed by atoms with E-state index in [0.29, 0.717) is 13.0 Å². The molecule has 112 valence electrons. The highest BCUT2D eigenvalue weighted by Gasteiger charge is 2.27. The van der Waals surface area contributed by atoms with Crippen molar-refractivity contribution in [1.82, 2.24) is 4.31 Å². The SMILES string of the molecule is CCC(C)N(CC)S(=O)(=O)c1ccc(C(=O)O)c(Cl)c1. The largest absolute Gasteiger partial charge is 0.478 e. The molecule has 0 aliphatic carbocycles. The molecule has 0 aromatic heterocycles. The van der Waals surface area contributed by atoms with Crippen molar-refractivity contribution >= 4 is 27.6 Å². The third kappa shape index (κ3) is 3.31. The summed E-state index contributed by atoms with van der Waals surface area (Å²) in [6.45, 7) is 5.84. The molecule has 0 heterocycles. The third-order valence-corrected chi connectivity index (χ3v) is 5.57. The Kier molecular flexibility index (Phi) is 5.56. The first kappa shape index (κ1) is 16.9. The number of halogens is 1. The van der Waals surface area contributed by atoms with Crippen molar-refractivity contribution in [3.05, 3.63) is 28.8 Å². The maximum absolute atomic E-state index is 12.5. The van der Waals surface area contributed by atoms with Crippen LogP contribution in [0.25, 0.3) is 0 Å². The highest BCUT2D eigenvalue weighted by Crippen LogP contribution is 2.25. The number of aromatic carboxylic acids is 1. The third-order valence-electron chi connectivity index (χ3n) is 3.17. The lowest BCUT2D eigenvalue weighted by Crippen LogP contribution is -2.38. The number of carboxylic acids is 1. The second kappa shape index (κ2) is 6.56. The van der Waals surface area contributed by atoms with Crippen LogP contribution < -0.4 is 0 Å². The molecule has 1 unspecified atom stereocenters. The summed E-state index contributed by atoms with van der Waals surface area (Å²) in [5, 5.41) is 8.81. The zero-order valence-electron chi connectivity index (χ0n) is 11.6. The van der Waals surface area contributed by atoms with Gasteiger partial charge in [-0.15, -0.1) is 0 Å². The Morgan fingerprint density at radius 1 is 1.40 bits per heavy atom. The van der Waals surface area contributed by atoms with Crippen molar-refractivity contribution in [2.75, 3.05) is 6.54 Å². The van der Waals surface area contributed by atoms with Gasteiger partial charge in [-0.3, -0.25) is 0 Å². The minimum Gasteiger partial charge on any atom is -0.478 e. The molecule has 0 spiro atoms. The van der Waals surface area contributed by atoms with E-state index >= 15 is 0 Å². The number of hydrogen-bond acceptors (Lipinski definition) is 3. The Morgan fingerprint density at radius 3 is 2.40 bits per heavy atom. The van der Waals surface area contributed by atoms with Gasteiger partial charge in [-0.05, 0) is 31.5 Å². The number of carboxylic acid groups (broad SMARTS) is 1. The lowest BCUT2D eigenvalue weighted by Gasteiger charge is -2.26. The first-order valence-electron chi connectivity index (χ1n) is 6.30. The summed E-state index contributed by atoms with van der Waals surface area (Å²) in [7, 11) is -3.67. The second-order valence-electron chi connectivity index (χ2n) is 4.41. The molecule has 0 saturated carbocycles. The highest BCUT2D eigenvalue weighted by atomic mass is 35.5. The van der Waals surface area contributed by atoms with Crippen molar-refractivity contribution in [3.8, 4) is 0 Å². The second-order valence-corrected chi connectivity index (χ2v) is 6.71. The predicted octanol–water partition coefficient (Wildman–Crippen LogP) is 2.85. The van der Waals surface area contributed by atoms with Crippen molar-refractivity contribution in [3.63, 3.8) is 0 Å². The quantitative estimate of drug-likeness (QED) is 0.875.